The summed E-state index contributed by atoms with van der Waals surface area (Å²) in [5.74, 6) is -2.56. The van der Waals surface area contributed by atoms with Gasteiger partial charge in [-0.2, -0.15) is 26.3 Å². The number of nitrogens with one attached hydrogen (secondary N) is 2. The molecular weight excluding hydrogens is 660 g/mol. The molecule has 4 aromatic rings. The third-order valence-electron chi connectivity index (χ3n) is 10.1. The van der Waals surface area contributed by atoms with Crippen LogP contribution in [0.3, 0.4) is 0 Å². The molecule has 1 aliphatic heterocycles. The Morgan fingerprint density at radius 2 is 1.32 bits per heavy atom. The second-order valence-corrected chi connectivity index (χ2v) is 13.2. The highest BCUT2D eigenvalue weighted by molar-refractivity contribution is 6.08. The van der Waals surface area contributed by atoms with Crippen molar-refractivity contribution in [1.82, 2.24) is 15.2 Å². The molecule has 2 fully saturated rings. The Hall–Kier alpha value is -4.45. The number of ketones is 2. The van der Waals surface area contributed by atoms with Gasteiger partial charge in [-0.3, -0.25) is 14.4 Å². The van der Waals surface area contributed by atoms with Gasteiger partial charge in [-0.05, 0) is 42.5 Å². The van der Waals surface area contributed by atoms with Crippen LogP contribution in [0.1, 0.15) is 82.4 Å². The monoisotopic (exact) mass is 697 g/mol. The van der Waals surface area contributed by atoms with Crippen molar-refractivity contribution in [2.45, 2.75) is 81.8 Å². The van der Waals surface area contributed by atoms with E-state index < -0.39 is 70.2 Å². The van der Waals surface area contributed by atoms with E-state index in [9.17, 15) is 40.7 Å². The van der Waals surface area contributed by atoms with Crippen LogP contribution in [0, 0.1) is 5.92 Å². The van der Waals surface area contributed by atoms with E-state index in [1.54, 1.807) is 6.20 Å². The minimum atomic E-state index is -4.92. The minimum Gasteiger partial charge on any atom is -0.361 e. The molecule has 1 aromatic heterocycles. The topological polar surface area (TPSA) is 82.3 Å². The number of carbonyl (C=O) groups excluding carboxylic acids is 3. The Morgan fingerprint density at radius 3 is 1.96 bits per heavy atom. The number of H-pyrrole nitrogens is 1. The lowest BCUT2D eigenvalue weighted by molar-refractivity contribution is -0.138. The van der Waals surface area contributed by atoms with Crippen molar-refractivity contribution in [1.29, 1.82) is 0 Å². The van der Waals surface area contributed by atoms with Gasteiger partial charge in [0.1, 0.15) is 12.1 Å². The Balaban J connectivity index is 1.47. The lowest BCUT2D eigenvalue weighted by atomic mass is 9.83. The molecule has 1 amide bonds. The van der Waals surface area contributed by atoms with E-state index in [0.717, 1.165) is 84.3 Å². The average molecular weight is 698 g/mol. The number of hydrogen-bond acceptors (Lipinski definition) is 4. The molecule has 2 aliphatic rings. The molecule has 6 nitrogen and oxygen atoms in total. The van der Waals surface area contributed by atoms with E-state index >= 15 is 0 Å². The quantitative estimate of drug-likeness (QED) is 0.136. The molecule has 2 heterocycles. The van der Waals surface area contributed by atoms with Gasteiger partial charge in [0.25, 0.3) is 0 Å². The normalized spacial score (nSPS) is 20.6. The lowest BCUT2D eigenvalue weighted by Crippen LogP contribution is -2.69. The second kappa shape index (κ2) is 14.4. The maximum Gasteiger partial charge on any atom is 0.417 e. The zero-order chi connectivity index (χ0) is 35.6. The van der Waals surface area contributed by atoms with Gasteiger partial charge in [0.15, 0.2) is 11.6 Å². The van der Waals surface area contributed by atoms with Crippen LogP contribution < -0.4 is 5.32 Å². The Kier molecular flexibility index (Phi) is 10.2. The number of fused-ring (bicyclic) bond motifs is 1. The van der Waals surface area contributed by atoms with Crippen molar-refractivity contribution >= 4 is 28.4 Å². The highest BCUT2D eigenvalue weighted by atomic mass is 19.4. The minimum absolute atomic E-state index is 0.0705. The van der Waals surface area contributed by atoms with Crippen molar-refractivity contribution in [2.24, 2.45) is 5.92 Å². The first kappa shape index (κ1) is 35.4. The van der Waals surface area contributed by atoms with E-state index in [-0.39, 0.29) is 25.3 Å². The summed E-state index contributed by atoms with van der Waals surface area (Å²) in [6.07, 6.45) is -2.89. The number of aromatic nitrogens is 1. The van der Waals surface area contributed by atoms with Crippen LogP contribution in [0.15, 0.2) is 79.0 Å². The Morgan fingerprint density at radius 1 is 0.740 bits per heavy atom. The van der Waals surface area contributed by atoms with Gasteiger partial charge in [0.2, 0.25) is 5.91 Å². The van der Waals surface area contributed by atoms with E-state index in [2.05, 4.69) is 10.3 Å². The van der Waals surface area contributed by atoms with Gasteiger partial charge in [0, 0.05) is 47.2 Å². The molecule has 264 valence electrons. The lowest BCUT2D eigenvalue weighted by Gasteiger charge is -2.46. The number of benzene rings is 3. The zero-order valence-corrected chi connectivity index (χ0v) is 27.1. The number of rotatable bonds is 9. The summed E-state index contributed by atoms with van der Waals surface area (Å²) in [6.45, 7) is -0.308. The van der Waals surface area contributed by atoms with Crippen molar-refractivity contribution in [3.05, 3.63) is 107 Å². The van der Waals surface area contributed by atoms with Crippen molar-refractivity contribution in [3.63, 3.8) is 0 Å². The summed E-state index contributed by atoms with van der Waals surface area (Å²) in [6, 6.07) is 11.5. The number of Topliss-reactive ketones (excluding diaryl/α,β-unsaturated/α-hetero) is 2. The second-order valence-electron chi connectivity index (χ2n) is 13.2. The van der Waals surface area contributed by atoms with Gasteiger partial charge in [-0.1, -0.05) is 86.7 Å². The standard InChI is InChI=1S/C38H37F6N3O3/c39-37(40,41)28-15-7-4-13-26(28)35(49)32-22-46-31(20-24-21-45-30-17-9-6-12-25(24)30)34(36(50)27-14-5-8-16-29(27)38(42,43)44)47(32)33(48)19-18-23-10-2-1-3-11-23/h4-9,12-17,21,23,31-32,34,45-46H,1-3,10-11,18-20,22H2. The number of amides is 1. The van der Waals surface area contributed by atoms with E-state index in [1.165, 1.54) is 12.1 Å². The number of carbonyl (C=O) groups is 3. The van der Waals surface area contributed by atoms with Gasteiger partial charge < -0.3 is 15.2 Å². The molecular formula is C38H37F6N3O3. The molecule has 0 spiro atoms. The van der Waals surface area contributed by atoms with Crippen LogP contribution in [-0.4, -0.2) is 52.0 Å². The maximum atomic E-state index is 14.6. The first-order valence-corrected chi connectivity index (χ1v) is 16.8. The summed E-state index contributed by atoms with van der Waals surface area (Å²) < 4.78 is 85.3. The summed E-state index contributed by atoms with van der Waals surface area (Å²) in [7, 11) is 0. The predicted molar refractivity (Wildman–Crippen MR) is 176 cm³/mol. The van der Waals surface area contributed by atoms with Gasteiger partial charge >= 0.3 is 12.4 Å². The Bertz CT molecular complexity index is 1860. The molecule has 0 radical (unpaired) electrons. The van der Waals surface area contributed by atoms with E-state index in [1.807, 2.05) is 24.3 Å². The number of nitrogens with zero attached hydrogens (tertiary/aromatic N) is 1. The number of halogens is 6. The highest BCUT2D eigenvalue weighted by Gasteiger charge is 2.49. The third kappa shape index (κ3) is 7.35. The highest BCUT2D eigenvalue weighted by Crippen LogP contribution is 2.37. The molecule has 1 saturated carbocycles. The molecule has 1 saturated heterocycles. The van der Waals surface area contributed by atoms with Gasteiger partial charge in [-0.25, -0.2) is 0 Å². The van der Waals surface area contributed by atoms with Gasteiger partial charge in [0.05, 0.1) is 11.1 Å². The number of piperazine rings is 1. The van der Waals surface area contributed by atoms with Crippen LogP contribution in [0.25, 0.3) is 10.9 Å². The smallest absolute Gasteiger partial charge is 0.361 e. The first-order chi connectivity index (χ1) is 23.8. The maximum absolute atomic E-state index is 14.6. The summed E-state index contributed by atoms with van der Waals surface area (Å²) in [4.78, 5) is 47.3. The van der Waals surface area contributed by atoms with Crippen molar-refractivity contribution in [2.75, 3.05) is 6.54 Å². The van der Waals surface area contributed by atoms with Crippen LogP contribution in [0.2, 0.25) is 0 Å². The zero-order valence-electron chi connectivity index (χ0n) is 27.1. The number of para-hydroxylation sites is 1. The number of hydrogen-bond donors (Lipinski definition) is 2. The van der Waals surface area contributed by atoms with E-state index in [0.29, 0.717) is 12.0 Å². The molecule has 50 heavy (non-hydrogen) atoms. The fourth-order valence-electron chi connectivity index (χ4n) is 7.60. The molecule has 3 unspecified atom stereocenters. The summed E-state index contributed by atoms with van der Waals surface area (Å²) in [5, 5.41) is 3.91. The largest absolute Gasteiger partial charge is 0.417 e. The fourth-order valence-corrected chi connectivity index (χ4v) is 7.60. The molecule has 2 N–H and O–H groups in total. The molecule has 3 aromatic carbocycles. The Labute approximate surface area is 285 Å². The molecule has 12 heteroatoms. The summed E-state index contributed by atoms with van der Waals surface area (Å²) >= 11 is 0. The molecule has 1 aliphatic carbocycles. The third-order valence-corrected chi connectivity index (χ3v) is 10.1. The first-order valence-electron chi connectivity index (χ1n) is 16.8. The van der Waals surface area contributed by atoms with E-state index in [4.69, 9.17) is 0 Å². The molecule has 0 bridgehead atoms. The van der Waals surface area contributed by atoms with Crippen LogP contribution in [0.5, 0.6) is 0 Å². The van der Waals surface area contributed by atoms with Crippen LogP contribution in [-0.2, 0) is 23.6 Å². The van der Waals surface area contributed by atoms with Crippen molar-refractivity contribution < 1.29 is 40.7 Å². The molecule has 3 atom stereocenters. The van der Waals surface area contributed by atoms with Crippen molar-refractivity contribution in [3.8, 4) is 0 Å². The SMILES string of the molecule is O=C(c1ccccc1C(F)(F)F)C1CNC(Cc2c[nH]c3ccccc23)C(C(=O)c2ccccc2C(F)(F)F)N1C(=O)CCC1CCCCC1. The fraction of sp³-hybridized carbons (Fsp3) is 0.395. The van der Waals surface area contributed by atoms with Crippen LogP contribution in [0.4, 0.5) is 26.3 Å². The number of alkyl halides is 6. The van der Waals surface area contributed by atoms with Crippen LogP contribution >= 0.6 is 0 Å². The van der Waals surface area contributed by atoms with Gasteiger partial charge in [-0.15, -0.1) is 0 Å². The number of aromatic amines is 1. The summed E-state index contributed by atoms with van der Waals surface area (Å²) in [5.41, 5.74) is -2.30. The molecule has 6 rings (SSSR count). The average Bonchev–Trinajstić information content (AvgIpc) is 3.52. The predicted octanol–water partition coefficient (Wildman–Crippen LogP) is 8.41.